The van der Waals surface area contributed by atoms with E-state index >= 15 is 0 Å². The van der Waals surface area contributed by atoms with Gasteiger partial charge in [-0.3, -0.25) is 4.99 Å². The number of nitrogens with zero attached hydrogens (tertiary/aromatic N) is 1. The van der Waals surface area contributed by atoms with Gasteiger partial charge in [0.15, 0.2) is 0 Å². The van der Waals surface area contributed by atoms with E-state index in [4.69, 9.17) is 5.73 Å². The van der Waals surface area contributed by atoms with Crippen molar-refractivity contribution in [1.29, 1.82) is 0 Å². The molecule has 0 heterocycles. The van der Waals surface area contributed by atoms with Crippen LogP contribution < -0.4 is 5.73 Å². The van der Waals surface area contributed by atoms with Crippen molar-refractivity contribution in [2.24, 2.45) is 10.7 Å². The van der Waals surface area contributed by atoms with Gasteiger partial charge < -0.3 is 5.73 Å². The van der Waals surface area contributed by atoms with Gasteiger partial charge in [0.2, 0.25) is 0 Å². The zero-order valence-electron chi connectivity index (χ0n) is 9.46. The lowest BCUT2D eigenvalue weighted by molar-refractivity contribution is 0.873. The Labute approximate surface area is 91.6 Å². The molecule has 2 nitrogen and oxygen atoms in total. The zero-order chi connectivity index (χ0) is 11.3. The minimum Gasteiger partial charge on any atom is -0.401 e. The van der Waals surface area contributed by atoms with E-state index in [2.05, 4.69) is 18.5 Å². The molecule has 0 fully saturated rings. The minimum absolute atomic E-state index is 0.862. The lowest BCUT2D eigenvalue weighted by Crippen LogP contribution is -2.03. The maximum Gasteiger partial charge on any atom is 0.0699 e. The molecule has 2 N–H and O–H groups in total. The third kappa shape index (κ3) is 3.24. The Morgan fingerprint density at radius 2 is 2.07 bits per heavy atom. The van der Waals surface area contributed by atoms with Crippen molar-refractivity contribution in [2.45, 2.75) is 26.7 Å². The van der Waals surface area contributed by atoms with Crippen molar-refractivity contribution in [3.05, 3.63) is 47.9 Å². The Morgan fingerprint density at radius 3 is 2.67 bits per heavy atom. The summed E-state index contributed by atoms with van der Waals surface area (Å²) < 4.78 is 0. The summed E-state index contributed by atoms with van der Waals surface area (Å²) in [6.07, 6.45) is 9.75. The summed E-state index contributed by atoms with van der Waals surface area (Å²) >= 11 is 0. The predicted octanol–water partition coefficient (Wildman–Crippen LogP) is 3.10. The number of hydrogen-bond donors (Lipinski definition) is 1. The van der Waals surface area contributed by atoms with E-state index in [1.54, 1.807) is 0 Å². The number of hydrogen-bond acceptors (Lipinski definition) is 2. The maximum atomic E-state index is 5.89. The monoisotopic (exact) mass is 202 g/mol. The highest BCUT2D eigenvalue weighted by Gasteiger charge is 2.02. The molecule has 0 aliphatic heterocycles. The second-order valence-corrected chi connectivity index (χ2v) is 3.60. The highest BCUT2D eigenvalue weighted by Crippen LogP contribution is 2.12. The molecule has 1 aliphatic rings. The Balaban J connectivity index is 2.87. The smallest absolute Gasteiger partial charge is 0.0699 e. The zero-order valence-corrected chi connectivity index (χ0v) is 9.46. The molecular weight excluding hydrogens is 184 g/mol. The summed E-state index contributed by atoms with van der Waals surface area (Å²) in [5.74, 6) is 0. The van der Waals surface area contributed by atoms with Gasteiger partial charge in [-0.05, 0) is 25.0 Å². The van der Waals surface area contributed by atoms with Crippen LogP contribution in [0.25, 0.3) is 0 Å². The molecule has 0 aromatic heterocycles. The van der Waals surface area contributed by atoms with Crippen LogP contribution in [0.5, 0.6) is 0 Å². The molecular formula is C13H18N2. The largest absolute Gasteiger partial charge is 0.401 e. The standard InChI is InChI=1S/C13H18N2/c1-4-7-12(14)11(3)15-13-9-6-5-8-10(13)2/h5-6,8-9H,2,4,7,14H2,1,3H3/b12-11-,15-13?. The number of aliphatic imine (C=N–C) groups is 1. The van der Waals surface area contributed by atoms with Gasteiger partial charge in [-0.25, -0.2) is 0 Å². The van der Waals surface area contributed by atoms with E-state index in [0.717, 1.165) is 35.5 Å². The quantitative estimate of drug-likeness (QED) is 0.750. The van der Waals surface area contributed by atoms with Crippen LogP contribution in [-0.2, 0) is 0 Å². The first-order valence-corrected chi connectivity index (χ1v) is 5.23. The predicted molar refractivity (Wildman–Crippen MR) is 66.7 cm³/mol. The fourth-order valence-corrected chi connectivity index (χ4v) is 1.32. The second kappa shape index (κ2) is 5.35. The highest BCUT2D eigenvalue weighted by molar-refractivity contribution is 6.11. The third-order valence-corrected chi connectivity index (χ3v) is 2.26. The third-order valence-electron chi connectivity index (χ3n) is 2.26. The molecule has 0 aromatic rings. The first kappa shape index (κ1) is 11.5. The van der Waals surface area contributed by atoms with Crippen molar-refractivity contribution in [3.63, 3.8) is 0 Å². The molecule has 1 rings (SSSR count). The van der Waals surface area contributed by atoms with Crippen molar-refractivity contribution in [3.8, 4) is 0 Å². The summed E-state index contributed by atoms with van der Waals surface area (Å²) in [5.41, 5.74) is 9.48. The average Bonchev–Trinajstić information content (AvgIpc) is 2.21. The highest BCUT2D eigenvalue weighted by atomic mass is 14.8. The summed E-state index contributed by atoms with van der Waals surface area (Å²) in [5, 5.41) is 0. The normalized spacial score (nSPS) is 19.6. The van der Waals surface area contributed by atoms with E-state index in [1.165, 1.54) is 0 Å². The minimum atomic E-state index is 0.862. The molecule has 2 heteroatoms. The van der Waals surface area contributed by atoms with Crippen LogP contribution in [0, 0.1) is 0 Å². The van der Waals surface area contributed by atoms with Gasteiger partial charge in [0.1, 0.15) is 0 Å². The van der Waals surface area contributed by atoms with Crippen LogP contribution in [0.4, 0.5) is 0 Å². The van der Waals surface area contributed by atoms with Crippen LogP contribution in [0.15, 0.2) is 52.8 Å². The molecule has 0 aromatic carbocycles. The number of nitrogens with two attached hydrogens (primary N) is 1. The summed E-state index contributed by atoms with van der Waals surface area (Å²) in [4.78, 5) is 4.47. The van der Waals surface area contributed by atoms with Gasteiger partial charge in [0.25, 0.3) is 0 Å². The van der Waals surface area contributed by atoms with E-state index in [0.29, 0.717) is 0 Å². The maximum absolute atomic E-state index is 5.89. The lowest BCUT2D eigenvalue weighted by Gasteiger charge is -2.07. The fraction of sp³-hybridized carbons (Fsp3) is 0.308. The summed E-state index contributed by atoms with van der Waals surface area (Å²) in [6, 6.07) is 0. The van der Waals surface area contributed by atoms with Gasteiger partial charge >= 0.3 is 0 Å². The van der Waals surface area contributed by atoms with Gasteiger partial charge in [-0.1, -0.05) is 38.2 Å². The van der Waals surface area contributed by atoms with E-state index in [9.17, 15) is 0 Å². The molecule has 0 bridgehead atoms. The van der Waals surface area contributed by atoms with Crippen molar-refractivity contribution < 1.29 is 0 Å². The first-order chi connectivity index (χ1) is 7.15. The van der Waals surface area contributed by atoms with Gasteiger partial charge in [0.05, 0.1) is 11.4 Å². The molecule has 0 spiro atoms. The first-order valence-electron chi connectivity index (χ1n) is 5.23. The van der Waals surface area contributed by atoms with Gasteiger partial charge in [-0.2, -0.15) is 0 Å². The number of allylic oxidation sites excluding steroid dienone is 7. The average molecular weight is 202 g/mol. The topological polar surface area (TPSA) is 38.4 Å². The van der Waals surface area contributed by atoms with E-state index in [-0.39, 0.29) is 0 Å². The van der Waals surface area contributed by atoms with Crippen LogP contribution >= 0.6 is 0 Å². The molecule has 1 aliphatic carbocycles. The second-order valence-electron chi connectivity index (χ2n) is 3.60. The van der Waals surface area contributed by atoms with Crippen LogP contribution in [0.3, 0.4) is 0 Å². The summed E-state index contributed by atoms with van der Waals surface area (Å²) in [7, 11) is 0. The van der Waals surface area contributed by atoms with Gasteiger partial charge in [0, 0.05) is 5.70 Å². The Kier molecular flexibility index (Phi) is 4.10. The Bertz CT molecular complexity index is 368. The number of rotatable bonds is 3. The Morgan fingerprint density at radius 1 is 1.40 bits per heavy atom. The lowest BCUT2D eigenvalue weighted by atomic mass is 10.1. The molecule has 0 amide bonds. The van der Waals surface area contributed by atoms with Crippen molar-refractivity contribution in [1.82, 2.24) is 0 Å². The molecule has 80 valence electrons. The fourth-order valence-electron chi connectivity index (χ4n) is 1.32. The molecule has 0 saturated heterocycles. The SMILES string of the molecule is C=C1C=CC=CC1=N/C(C)=C(\N)CCC. The molecule has 0 saturated carbocycles. The Hall–Kier alpha value is -1.57. The van der Waals surface area contributed by atoms with Crippen LogP contribution in [0.2, 0.25) is 0 Å². The van der Waals surface area contributed by atoms with E-state index in [1.807, 2.05) is 31.2 Å². The van der Waals surface area contributed by atoms with E-state index < -0.39 is 0 Å². The molecule has 0 unspecified atom stereocenters. The van der Waals surface area contributed by atoms with Crippen molar-refractivity contribution in [2.75, 3.05) is 0 Å². The van der Waals surface area contributed by atoms with Gasteiger partial charge in [-0.15, -0.1) is 0 Å². The van der Waals surface area contributed by atoms with Crippen LogP contribution in [-0.4, -0.2) is 5.71 Å². The molecule has 0 atom stereocenters. The molecule has 15 heavy (non-hydrogen) atoms. The van der Waals surface area contributed by atoms with Crippen LogP contribution in [0.1, 0.15) is 26.7 Å². The summed E-state index contributed by atoms with van der Waals surface area (Å²) in [6.45, 7) is 7.97. The van der Waals surface area contributed by atoms with Crippen molar-refractivity contribution >= 4 is 5.71 Å². The molecule has 0 radical (unpaired) electrons.